The van der Waals surface area contributed by atoms with Gasteiger partial charge in [-0.1, -0.05) is 48.0 Å². The van der Waals surface area contributed by atoms with Crippen molar-refractivity contribution < 1.29 is 13.9 Å². The van der Waals surface area contributed by atoms with Crippen LogP contribution in [0, 0.1) is 6.92 Å². The number of hydrogen-bond acceptors (Lipinski definition) is 4. The zero-order chi connectivity index (χ0) is 24.4. The minimum Gasteiger partial charge on any atom is -0.490 e. The molecule has 1 aromatic heterocycles. The van der Waals surface area contributed by atoms with Gasteiger partial charge in [0.25, 0.3) is 0 Å². The maximum absolute atomic E-state index is 6.54. The van der Waals surface area contributed by atoms with Crippen LogP contribution in [-0.4, -0.2) is 18.8 Å². The molecule has 180 valence electrons. The van der Waals surface area contributed by atoms with Crippen molar-refractivity contribution in [2.75, 3.05) is 6.61 Å². The Labute approximate surface area is 207 Å². The van der Waals surface area contributed by atoms with E-state index in [0.717, 1.165) is 39.7 Å². The number of hydrogen-bond donors (Lipinski definition) is 1. The standard InChI is InChI=1S/C31H33NO3/c1-5-33-21(3)18-22(4)34-29-15-14-26-25-8-6-7-9-28(25)35-31(26)30(29)27-19-24(16-17-32-27)23-12-10-20(2)11-13-23/h6-17,19,21-22,27,32H,5,18H2,1-4H3. The highest BCUT2D eigenvalue weighted by Crippen LogP contribution is 2.41. The molecule has 0 saturated carbocycles. The monoisotopic (exact) mass is 467 g/mol. The number of fused-ring (bicyclic) bond motifs is 3. The van der Waals surface area contributed by atoms with Crippen LogP contribution in [0.4, 0.5) is 0 Å². The molecule has 2 heterocycles. The number of benzene rings is 3. The summed E-state index contributed by atoms with van der Waals surface area (Å²) in [6.07, 6.45) is 7.34. The smallest absolute Gasteiger partial charge is 0.144 e. The third kappa shape index (κ3) is 4.85. The third-order valence-electron chi connectivity index (χ3n) is 6.57. The molecule has 0 saturated heterocycles. The zero-order valence-corrected chi connectivity index (χ0v) is 20.9. The summed E-state index contributed by atoms with van der Waals surface area (Å²) in [5.41, 5.74) is 6.38. The molecule has 5 rings (SSSR count). The molecule has 1 aliphatic heterocycles. The van der Waals surface area contributed by atoms with Gasteiger partial charge in [0.2, 0.25) is 0 Å². The fourth-order valence-electron chi connectivity index (χ4n) is 4.90. The Morgan fingerprint density at radius 3 is 2.54 bits per heavy atom. The highest BCUT2D eigenvalue weighted by atomic mass is 16.5. The predicted octanol–water partition coefficient (Wildman–Crippen LogP) is 7.72. The first-order chi connectivity index (χ1) is 17.0. The predicted molar refractivity (Wildman–Crippen MR) is 144 cm³/mol. The zero-order valence-electron chi connectivity index (χ0n) is 20.9. The molecule has 0 amide bonds. The maximum atomic E-state index is 6.54. The van der Waals surface area contributed by atoms with Crippen molar-refractivity contribution in [3.63, 3.8) is 0 Å². The summed E-state index contributed by atoms with van der Waals surface area (Å²) in [7, 11) is 0. The Morgan fingerprint density at radius 2 is 1.74 bits per heavy atom. The summed E-state index contributed by atoms with van der Waals surface area (Å²) in [5, 5.41) is 5.75. The minimum atomic E-state index is -0.0907. The summed E-state index contributed by atoms with van der Waals surface area (Å²) in [6, 6.07) is 20.9. The third-order valence-corrected chi connectivity index (χ3v) is 6.57. The van der Waals surface area contributed by atoms with Crippen molar-refractivity contribution in [1.82, 2.24) is 5.32 Å². The number of allylic oxidation sites excluding steroid dienone is 2. The van der Waals surface area contributed by atoms with Crippen molar-refractivity contribution in [3.05, 3.63) is 95.7 Å². The molecular formula is C31H33NO3. The van der Waals surface area contributed by atoms with Gasteiger partial charge in [0.1, 0.15) is 16.9 Å². The highest BCUT2D eigenvalue weighted by molar-refractivity contribution is 6.06. The van der Waals surface area contributed by atoms with Crippen LogP contribution in [0.2, 0.25) is 0 Å². The highest BCUT2D eigenvalue weighted by Gasteiger charge is 2.24. The van der Waals surface area contributed by atoms with Crippen LogP contribution in [0.15, 0.2) is 83.4 Å². The molecule has 35 heavy (non-hydrogen) atoms. The number of dihydropyridines is 1. The number of nitrogens with one attached hydrogen (secondary N) is 1. The molecule has 3 atom stereocenters. The van der Waals surface area contributed by atoms with Crippen LogP contribution >= 0.6 is 0 Å². The van der Waals surface area contributed by atoms with E-state index in [-0.39, 0.29) is 18.2 Å². The molecule has 3 unspecified atom stereocenters. The summed E-state index contributed by atoms with van der Waals surface area (Å²) < 4.78 is 18.7. The summed E-state index contributed by atoms with van der Waals surface area (Å²) in [5.74, 6) is 0.833. The van der Waals surface area contributed by atoms with Crippen molar-refractivity contribution in [2.45, 2.75) is 52.4 Å². The average Bonchev–Trinajstić information content (AvgIpc) is 3.23. The Kier molecular flexibility index (Phi) is 6.65. The SMILES string of the molecule is CCOC(C)CC(C)Oc1ccc2c(oc3ccccc32)c1C1C=C(c2ccc(C)cc2)C=CN1. The quantitative estimate of drug-likeness (QED) is 0.288. The van der Waals surface area contributed by atoms with Gasteiger partial charge in [-0.25, -0.2) is 0 Å². The lowest BCUT2D eigenvalue weighted by molar-refractivity contribution is 0.0422. The molecule has 4 aromatic rings. The fourth-order valence-corrected chi connectivity index (χ4v) is 4.90. The van der Waals surface area contributed by atoms with Crippen LogP contribution in [0.25, 0.3) is 27.5 Å². The van der Waals surface area contributed by atoms with Crippen molar-refractivity contribution in [3.8, 4) is 5.75 Å². The minimum absolute atomic E-state index is 0.00295. The van der Waals surface area contributed by atoms with E-state index in [0.29, 0.717) is 6.61 Å². The lowest BCUT2D eigenvalue weighted by Gasteiger charge is -2.25. The van der Waals surface area contributed by atoms with E-state index in [4.69, 9.17) is 13.9 Å². The molecule has 0 spiro atoms. The molecule has 0 aliphatic carbocycles. The van der Waals surface area contributed by atoms with Crippen molar-refractivity contribution >= 4 is 27.5 Å². The van der Waals surface area contributed by atoms with Gasteiger partial charge in [-0.3, -0.25) is 0 Å². The normalized spacial score (nSPS) is 17.3. The van der Waals surface area contributed by atoms with Crippen molar-refractivity contribution in [2.24, 2.45) is 0 Å². The molecule has 1 N–H and O–H groups in total. The van der Waals surface area contributed by atoms with Crippen LogP contribution in [0.3, 0.4) is 0 Å². The van der Waals surface area contributed by atoms with Crippen molar-refractivity contribution in [1.29, 1.82) is 0 Å². The molecule has 4 heteroatoms. The van der Waals surface area contributed by atoms with E-state index in [9.17, 15) is 0 Å². The number of para-hydroxylation sites is 1. The Bertz CT molecular complexity index is 1380. The first-order valence-corrected chi connectivity index (χ1v) is 12.5. The summed E-state index contributed by atoms with van der Waals surface area (Å²) >= 11 is 0. The average molecular weight is 468 g/mol. The largest absolute Gasteiger partial charge is 0.490 e. The number of furan rings is 1. The molecule has 0 bridgehead atoms. The van der Waals surface area contributed by atoms with Gasteiger partial charge < -0.3 is 19.2 Å². The topological polar surface area (TPSA) is 43.6 Å². The van der Waals surface area contributed by atoms with Gasteiger partial charge in [0.05, 0.1) is 23.8 Å². The molecule has 0 fully saturated rings. The maximum Gasteiger partial charge on any atom is 0.144 e. The van der Waals surface area contributed by atoms with Gasteiger partial charge >= 0.3 is 0 Å². The van der Waals surface area contributed by atoms with Gasteiger partial charge in [0.15, 0.2) is 0 Å². The van der Waals surface area contributed by atoms with Gasteiger partial charge in [-0.2, -0.15) is 0 Å². The van der Waals surface area contributed by atoms with Crippen LogP contribution in [0.1, 0.15) is 49.9 Å². The second kappa shape index (κ2) is 10.0. The summed E-state index contributed by atoms with van der Waals surface area (Å²) in [6.45, 7) is 9.03. The second-order valence-corrected chi connectivity index (χ2v) is 9.35. The van der Waals surface area contributed by atoms with E-state index in [1.165, 1.54) is 16.7 Å². The van der Waals surface area contributed by atoms with Crippen LogP contribution < -0.4 is 10.1 Å². The number of ether oxygens (including phenoxy) is 2. The Morgan fingerprint density at radius 1 is 0.943 bits per heavy atom. The van der Waals surface area contributed by atoms with Crippen LogP contribution in [-0.2, 0) is 4.74 Å². The summed E-state index contributed by atoms with van der Waals surface area (Å²) in [4.78, 5) is 0. The number of rotatable bonds is 8. The molecule has 0 radical (unpaired) electrons. The Balaban J connectivity index is 1.59. The van der Waals surface area contributed by atoms with Gasteiger partial charge in [-0.15, -0.1) is 0 Å². The molecule has 1 aliphatic rings. The Hall–Kier alpha value is -3.50. The van der Waals surface area contributed by atoms with E-state index < -0.39 is 0 Å². The first-order valence-electron chi connectivity index (χ1n) is 12.5. The number of aryl methyl sites for hydroxylation is 1. The second-order valence-electron chi connectivity index (χ2n) is 9.35. The molecule has 4 nitrogen and oxygen atoms in total. The van der Waals surface area contributed by atoms with Gasteiger partial charge in [-0.05, 0) is 75.4 Å². The molecular weight excluding hydrogens is 434 g/mol. The first kappa shape index (κ1) is 23.3. The molecule has 3 aromatic carbocycles. The lowest BCUT2D eigenvalue weighted by Crippen LogP contribution is -2.23. The van der Waals surface area contributed by atoms with E-state index in [1.807, 2.05) is 25.3 Å². The van der Waals surface area contributed by atoms with E-state index >= 15 is 0 Å². The van der Waals surface area contributed by atoms with Gasteiger partial charge in [0, 0.05) is 23.8 Å². The van der Waals surface area contributed by atoms with E-state index in [1.54, 1.807) is 0 Å². The van der Waals surface area contributed by atoms with Crippen LogP contribution in [0.5, 0.6) is 5.75 Å². The lowest BCUT2D eigenvalue weighted by atomic mass is 9.94. The fraction of sp³-hybridized carbons (Fsp3) is 0.290. The van der Waals surface area contributed by atoms with E-state index in [2.05, 4.69) is 86.8 Å².